The second-order valence-electron chi connectivity index (χ2n) is 5.78. The third-order valence-corrected chi connectivity index (χ3v) is 3.92. The van der Waals surface area contributed by atoms with E-state index in [2.05, 4.69) is 55.9 Å². The summed E-state index contributed by atoms with van der Waals surface area (Å²) in [7, 11) is 0. The van der Waals surface area contributed by atoms with Crippen molar-refractivity contribution in [3.63, 3.8) is 0 Å². The fraction of sp³-hybridized carbons (Fsp3) is 0.333. The largest absolute Gasteiger partial charge is 0.321 e. The van der Waals surface area contributed by atoms with Crippen LogP contribution in [0.1, 0.15) is 38.3 Å². The minimum atomic E-state index is 0.258. The first-order chi connectivity index (χ1) is 9.62. The highest BCUT2D eigenvalue weighted by atomic mass is 15.3. The lowest BCUT2D eigenvalue weighted by molar-refractivity contribution is 0.506. The molecular weight excluding hydrogens is 244 g/mol. The zero-order valence-corrected chi connectivity index (χ0v) is 12.6. The summed E-state index contributed by atoms with van der Waals surface area (Å²) in [5, 5.41) is 0. The van der Waals surface area contributed by atoms with Gasteiger partial charge < -0.3 is 5.43 Å². The molecule has 0 fully saturated rings. The highest BCUT2D eigenvalue weighted by molar-refractivity contribution is 5.41. The van der Waals surface area contributed by atoms with Gasteiger partial charge in [-0.25, -0.2) is 5.43 Å². The molecule has 2 heteroatoms. The molecule has 0 unspecified atom stereocenters. The Balaban J connectivity index is 1.88. The first-order valence-electron chi connectivity index (χ1n) is 7.25. The zero-order valence-electron chi connectivity index (χ0n) is 12.6. The van der Waals surface area contributed by atoms with Gasteiger partial charge in [0.2, 0.25) is 0 Å². The lowest BCUT2D eigenvalue weighted by Crippen LogP contribution is -2.21. The number of hydrazine groups is 1. The molecule has 106 valence electrons. The summed E-state index contributed by atoms with van der Waals surface area (Å²) in [5.74, 6) is 0. The standard InChI is InChI=1S/C18H24N2/c1-4-18(2,3)16-12-10-15(11-13-16)14-19-20-17-8-6-5-7-9-17/h5-13,19-20H,4,14H2,1-3H3. The van der Waals surface area contributed by atoms with Crippen molar-refractivity contribution in [3.05, 3.63) is 65.7 Å². The summed E-state index contributed by atoms with van der Waals surface area (Å²) in [6.07, 6.45) is 1.15. The molecule has 0 aliphatic heterocycles. The highest BCUT2D eigenvalue weighted by Gasteiger charge is 2.17. The maximum absolute atomic E-state index is 3.24. The first kappa shape index (κ1) is 14.6. The molecule has 0 saturated carbocycles. The van der Waals surface area contributed by atoms with Gasteiger partial charge in [0, 0.05) is 12.2 Å². The molecule has 0 aromatic heterocycles. The zero-order chi connectivity index (χ0) is 14.4. The van der Waals surface area contributed by atoms with Crippen LogP contribution in [0.4, 0.5) is 5.69 Å². The Morgan fingerprint density at radius 1 is 0.900 bits per heavy atom. The van der Waals surface area contributed by atoms with E-state index in [0.717, 1.165) is 18.7 Å². The van der Waals surface area contributed by atoms with Crippen LogP contribution in [0.5, 0.6) is 0 Å². The molecular formula is C18H24N2. The third-order valence-electron chi connectivity index (χ3n) is 3.92. The Kier molecular flexibility index (Phi) is 4.80. The average molecular weight is 268 g/mol. The third kappa shape index (κ3) is 3.84. The molecule has 2 aromatic carbocycles. The van der Waals surface area contributed by atoms with Crippen molar-refractivity contribution in [2.24, 2.45) is 0 Å². The van der Waals surface area contributed by atoms with Gasteiger partial charge >= 0.3 is 0 Å². The molecule has 0 bridgehead atoms. The second kappa shape index (κ2) is 6.58. The summed E-state index contributed by atoms with van der Waals surface area (Å²) < 4.78 is 0. The smallest absolute Gasteiger partial charge is 0.0487 e. The van der Waals surface area contributed by atoms with Crippen molar-refractivity contribution in [3.8, 4) is 0 Å². The predicted octanol–water partition coefficient (Wildman–Crippen LogP) is 4.49. The van der Waals surface area contributed by atoms with Crippen LogP contribution in [0.25, 0.3) is 0 Å². The van der Waals surface area contributed by atoms with E-state index >= 15 is 0 Å². The van der Waals surface area contributed by atoms with Crippen LogP contribution in [-0.2, 0) is 12.0 Å². The number of benzene rings is 2. The van der Waals surface area contributed by atoms with E-state index in [9.17, 15) is 0 Å². The van der Waals surface area contributed by atoms with Crippen molar-refractivity contribution in [1.82, 2.24) is 5.43 Å². The Hall–Kier alpha value is -1.80. The van der Waals surface area contributed by atoms with Crippen LogP contribution in [0, 0.1) is 0 Å². The van der Waals surface area contributed by atoms with Crippen LogP contribution in [0.2, 0.25) is 0 Å². The van der Waals surface area contributed by atoms with Gasteiger partial charge in [-0.05, 0) is 35.1 Å². The van der Waals surface area contributed by atoms with E-state index in [1.54, 1.807) is 0 Å². The molecule has 2 N–H and O–H groups in total. The molecule has 0 atom stereocenters. The lowest BCUT2D eigenvalue weighted by Gasteiger charge is -2.23. The molecule has 0 spiro atoms. The summed E-state index contributed by atoms with van der Waals surface area (Å²) in [5.41, 5.74) is 10.5. The van der Waals surface area contributed by atoms with E-state index in [1.165, 1.54) is 11.1 Å². The summed E-state index contributed by atoms with van der Waals surface area (Å²) in [6.45, 7) is 7.62. The molecule has 0 aliphatic carbocycles. The predicted molar refractivity (Wildman–Crippen MR) is 86.7 cm³/mol. The quantitative estimate of drug-likeness (QED) is 0.754. The SMILES string of the molecule is CCC(C)(C)c1ccc(CNNc2ccccc2)cc1. The number of nitrogens with one attached hydrogen (secondary N) is 2. The summed E-state index contributed by atoms with van der Waals surface area (Å²) in [4.78, 5) is 0. The Bertz CT molecular complexity index is 515. The van der Waals surface area contributed by atoms with Gasteiger partial charge in [-0.2, -0.15) is 0 Å². The summed E-state index contributed by atoms with van der Waals surface area (Å²) in [6, 6.07) is 19.0. The number of para-hydroxylation sites is 1. The number of hydrogen-bond acceptors (Lipinski definition) is 2. The van der Waals surface area contributed by atoms with Crippen molar-refractivity contribution >= 4 is 5.69 Å². The normalized spacial score (nSPS) is 11.3. The molecule has 0 amide bonds. The highest BCUT2D eigenvalue weighted by Crippen LogP contribution is 2.26. The van der Waals surface area contributed by atoms with E-state index < -0.39 is 0 Å². The summed E-state index contributed by atoms with van der Waals surface area (Å²) >= 11 is 0. The van der Waals surface area contributed by atoms with Crippen molar-refractivity contribution in [2.75, 3.05) is 5.43 Å². The van der Waals surface area contributed by atoms with Gasteiger partial charge in [-0.3, -0.25) is 0 Å². The molecule has 2 nitrogen and oxygen atoms in total. The fourth-order valence-electron chi connectivity index (χ4n) is 2.05. The molecule has 2 aromatic rings. The fourth-order valence-corrected chi connectivity index (χ4v) is 2.05. The maximum atomic E-state index is 3.24. The molecule has 0 saturated heterocycles. The number of hydrogen-bond donors (Lipinski definition) is 2. The lowest BCUT2D eigenvalue weighted by atomic mass is 9.82. The van der Waals surface area contributed by atoms with Crippen molar-refractivity contribution < 1.29 is 0 Å². The molecule has 20 heavy (non-hydrogen) atoms. The Labute approximate surface area is 122 Å². The van der Waals surface area contributed by atoms with E-state index in [4.69, 9.17) is 0 Å². The van der Waals surface area contributed by atoms with Crippen LogP contribution >= 0.6 is 0 Å². The van der Waals surface area contributed by atoms with Crippen LogP contribution < -0.4 is 10.9 Å². The average Bonchev–Trinajstić information content (AvgIpc) is 2.49. The van der Waals surface area contributed by atoms with Crippen LogP contribution in [0.3, 0.4) is 0 Å². The molecule has 2 rings (SSSR count). The maximum Gasteiger partial charge on any atom is 0.0487 e. The van der Waals surface area contributed by atoms with Gasteiger partial charge in [-0.1, -0.05) is 63.2 Å². The van der Waals surface area contributed by atoms with Gasteiger partial charge in [0.15, 0.2) is 0 Å². The molecule has 0 heterocycles. The van der Waals surface area contributed by atoms with Gasteiger partial charge in [0.05, 0.1) is 0 Å². The minimum absolute atomic E-state index is 0.258. The van der Waals surface area contributed by atoms with Crippen molar-refractivity contribution in [2.45, 2.75) is 39.2 Å². The van der Waals surface area contributed by atoms with Crippen LogP contribution in [0.15, 0.2) is 54.6 Å². The van der Waals surface area contributed by atoms with E-state index in [1.807, 2.05) is 30.3 Å². The van der Waals surface area contributed by atoms with Gasteiger partial charge in [-0.15, -0.1) is 0 Å². The van der Waals surface area contributed by atoms with E-state index in [-0.39, 0.29) is 5.41 Å². The second-order valence-corrected chi connectivity index (χ2v) is 5.78. The molecule has 0 radical (unpaired) electrons. The molecule has 0 aliphatic rings. The Morgan fingerprint density at radius 3 is 2.15 bits per heavy atom. The first-order valence-corrected chi connectivity index (χ1v) is 7.25. The van der Waals surface area contributed by atoms with Crippen LogP contribution in [-0.4, -0.2) is 0 Å². The van der Waals surface area contributed by atoms with E-state index in [0.29, 0.717) is 0 Å². The monoisotopic (exact) mass is 268 g/mol. The topological polar surface area (TPSA) is 24.1 Å². The number of rotatable bonds is 6. The van der Waals surface area contributed by atoms with Gasteiger partial charge in [0.1, 0.15) is 0 Å². The number of anilines is 1. The van der Waals surface area contributed by atoms with Crippen molar-refractivity contribution in [1.29, 1.82) is 0 Å². The van der Waals surface area contributed by atoms with Gasteiger partial charge in [0.25, 0.3) is 0 Å². The minimum Gasteiger partial charge on any atom is -0.321 e. The Morgan fingerprint density at radius 2 is 1.55 bits per heavy atom.